The Balaban J connectivity index is 1.57. The van der Waals surface area contributed by atoms with Crippen molar-refractivity contribution in [1.82, 2.24) is 20.3 Å². The lowest BCUT2D eigenvalue weighted by molar-refractivity contribution is 0.0966. The van der Waals surface area contributed by atoms with Crippen molar-refractivity contribution in [2.75, 3.05) is 19.5 Å². The number of hydrogen-bond donors (Lipinski definition) is 2. The third-order valence-electron chi connectivity index (χ3n) is 5.22. The molecule has 0 bridgehead atoms. The second-order valence-electron chi connectivity index (χ2n) is 7.54. The Morgan fingerprint density at radius 1 is 0.973 bits per heavy atom. The van der Waals surface area contributed by atoms with E-state index >= 15 is 0 Å². The Kier molecular flexibility index (Phi) is 7.18. The lowest BCUT2D eigenvalue weighted by Gasteiger charge is -2.13. The normalized spacial score (nSPS) is 10.9. The molecule has 0 saturated carbocycles. The largest absolute Gasteiger partial charge is 0.495 e. The quantitative estimate of drug-likeness (QED) is 0.202. The number of benzene rings is 3. The van der Waals surface area contributed by atoms with Crippen LogP contribution in [0.15, 0.2) is 30.3 Å². The Hall–Kier alpha value is -3.97. The number of methoxy groups -OCH3 is 2. The SMILES string of the molecule is COc1ccc(-n2nc3cc(C)c(NC(=S)NC(=O)c4c(F)c(F)c(OC)c(F)c4F)cc3n2)cc1Cl. The number of carbonyl (C=O) groups excluding carboxylic acids is 1. The molecule has 1 amide bonds. The second-order valence-corrected chi connectivity index (χ2v) is 8.35. The summed E-state index contributed by atoms with van der Waals surface area (Å²) >= 11 is 11.2. The molecular formula is C23H16ClF4N5O3S. The van der Waals surface area contributed by atoms with Crippen LogP contribution >= 0.6 is 23.8 Å². The molecule has 0 spiro atoms. The maximum atomic E-state index is 14.2. The van der Waals surface area contributed by atoms with Gasteiger partial charge in [0.2, 0.25) is 11.6 Å². The number of hydrogen-bond acceptors (Lipinski definition) is 6. The van der Waals surface area contributed by atoms with E-state index in [4.69, 9.17) is 28.6 Å². The Morgan fingerprint density at radius 2 is 1.59 bits per heavy atom. The highest BCUT2D eigenvalue weighted by atomic mass is 35.5. The molecule has 0 aliphatic rings. The number of thiocarbonyl (C=S) groups is 1. The molecule has 0 aliphatic carbocycles. The van der Waals surface area contributed by atoms with Gasteiger partial charge in [-0.15, -0.1) is 10.2 Å². The first-order valence-electron chi connectivity index (χ1n) is 10.3. The maximum absolute atomic E-state index is 14.2. The number of nitrogens with one attached hydrogen (secondary N) is 2. The van der Waals surface area contributed by atoms with Crippen LogP contribution in [0, 0.1) is 30.2 Å². The number of fused-ring (bicyclic) bond motifs is 1. The average Bonchev–Trinajstić information content (AvgIpc) is 3.26. The van der Waals surface area contributed by atoms with Gasteiger partial charge in [-0.3, -0.25) is 10.1 Å². The molecule has 0 fully saturated rings. The molecule has 0 atom stereocenters. The van der Waals surface area contributed by atoms with Gasteiger partial charge in [-0.05, 0) is 55.0 Å². The molecule has 1 aromatic heterocycles. The van der Waals surface area contributed by atoms with Crippen molar-refractivity contribution in [3.63, 3.8) is 0 Å². The number of aromatic nitrogens is 3. The zero-order valence-electron chi connectivity index (χ0n) is 19.3. The van der Waals surface area contributed by atoms with Gasteiger partial charge < -0.3 is 14.8 Å². The molecule has 14 heteroatoms. The van der Waals surface area contributed by atoms with Gasteiger partial charge in [0, 0.05) is 5.69 Å². The molecule has 192 valence electrons. The summed E-state index contributed by atoms with van der Waals surface area (Å²) < 4.78 is 65.9. The van der Waals surface area contributed by atoms with Gasteiger partial charge in [0.15, 0.2) is 22.5 Å². The van der Waals surface area contributed by atoms with Crippen molar-refractivity contribution in [3.05, 3.63) is 69.8 Å². The number of aryl methyl sites for hydroxylation is 1. The van der Waals surface area contributed by atoms with Crippen molar-refractivity contribution < 1.29 is 31.8 Å². The highest BCUT2D eigenvalue weighted by molar-refractivity contribution is 7.80. The van der Waals surface area contributed by atoms with E-state index < -0.39 is 45.6 Å². The minimum absolute atomic E-state index is 0.366. The average molecular weight is 554 g/mol. The summed E-state index contributed by atoms with van der Waals surface area (Å²) in [7, 11) is 2.31. The van der Waals surface area contributed by atoms with Gasteiger partial charge in [0.25, 0.3) is 5.91 Å². The van der Waals surface area contributed by atoms with Crippen LogP contribution < -0.4 is 20.1 Å². The van der Waals surface area contributed by atoms with Gasteiger partial charge in [-0.25, -0.2) is 8.78 Å². The Labute approximate surface area is 217 Å². The van der Waals surface area contributed by atoms with Gasteiger partial charge >= 0.3 is 0 Å². The first kappa shape index (κ1) is 26.1. The highest BCUT2D eigenvalue weighted by Gasteiger charge is 2.30. The van der Waals surface area contributed by atoms with Crippen molar-refractivity contribution in [2.45, 2.75) is 6.92 Å². The fourth-order valence-electron chi connectivity index (χ4n) is 3.41. The smallest absolute Gasteiger partial charge is 0.263 e. The Morgan fingerprint density at radius 3 is 2.16 bits per heavy atom. The van der Waals surface area contributed by atoms with Crippen molar-refractivity contribution in [2.24, 2.45) is 0 Å². The van der Waals surface area contributed by atoms with Crippen LogP contribution in [0.1, 0.15) is 15.9 Å². The van der Waals surface area contributed by atoms with Crippen LogP contribution in [-0.4, -0.2) is 40.2 Å². The third kappa shape index (κ3) is 4.87. The second kappa shape index (κ2) is 10.2. The molecule has 0 aliphatic heterocycles. The summed E-state index contributed by atoms with van der Waals surface area (Å²) in [6.07, 6.45) is 0. The number of anilines is 1. The van der Waals surface area contributed by atoms with E-state index in [-0.39, 0.29) is 0 Å². The van der Waals surface area contributed by atoms with E-state index in [0.717, 1.165) is 7.11 Å². The van der Waals surface area contributed by atoms with E-state index in [1.165, 1.54) is 11.9 Å². The van der Waals surface area contributed by atoms with Crippen LogP contribution in [0.2, 0.25) is 5.02 Å². The third-order valence-corrected chi connectivity index (χ3v) is 5.72. The van der Waals surface area contributed by atoms with Crippen LogP contribution in [0.5, 0.6) is 11.5 Å². The monoisotopic (exact) mass is 553 g/mol. The van der Waals surface area contributed by atoms with Crippen molar-refractivity contribution in [1.29, 1.82) is 0 Å². The zero-order chi connectivity index (χ0) is 27.0. The van der Waals surface area contributed by atoms with Gasteiger partial charge in [0.1, 0.15) is 22.3 Å². The molecular weight excluding hydrogens is 538 g/mol. The molecule has 8 nitrogen and oxygen atoms in total. The Bertz CT molecular complexity index is 1550. The van der Waals surface area contributed by atoms with Crippen LogP contribution in [0.4, 0.5) is 23.2 Å². The van der Waals surface area contributed by atoms with E-state index in [0.29, 0.717) is 38.7 Å². The van der Waals surface area contributed by atoms with Gasteiger partial charge in [-0.1, -0.05) is 11.6 Å². The van der Waals surface area contributed by atoms with E-state index in [9.17, 15) is 22.4 Å². The molecule has 4 aromatic rings. The first-order chi connectivity index (χ1) is 17.5. The topological polar surface area (TPSA) is 90.3 Å². The van der Waals surface area contributed by atoms with Crippen LogP contribution in [0.25, 0.3) is 16.7 Å². The maximum Gasteiger partial charge on any atom is 0.263 e. The minimum atomic E-state index is -1.93. The molecule has 0 saturated heterocycles. The van der Waals surface area contributed by atoms with Crippen LogP contribution in [-0.2, 0) is 0 Å². The van der Waals surface area contributed by atoms with Crippen LogP contribution in [0.3, 0.4) is 0 Å². The number of ether oxygens (including phenoxy) is 2. The van der Waals surface area contributed by atoms with Gasteiger partial charge in [-0.2, -0.15) is 13.6 Å². The summed E-state index contributed by atoms with van der Waals surface area (Å²) in [5.41, 5.74) is 1.05. The number of nitrogens with zero attached hydrogens (tertiary/aromatic N) is 3. The molecule has 2 N–H and O–H groups in total. The number of carbonyl (C=O) groups is 1. The number of halogens is 5. The van der Waals surface area contributed by atoms with Crippen molar-refractivity contribution >= 4 is 51.6 Å². The summed E-state index contributed by atoms with van der Waals surface area (Å²) in [4.78, 5) is 13.7. The predicted octanol–water partition coefficient (Wildman–Crippen LogP) is 5.08. The fourth-order valence-corrected chi connectivity index (χ4v) is 3.86. The molecule has 0 unspecified atom stereocenters. The molecule has 3 aromatic carbocycles. The summed E-state index contributed by atoms with van der Waals surface area (Å²) in [5, 5.41) is 13.5. The number of amides is 1. The van der Waals surface area contributed by atoms with E-state index in [1.54, 1.807) is 37.3 Å². The van der Waals surface area contributed by atoms with Crippen molar-refractivity contribution in [3.8, 4) is 17.2 Å². The molecule has 37 heavy (non-hydrogen) atoms. The highest BCUT2D eigenvalue weighted by Crippen LogP contribution is 2.30. The van der Waals surface area contributed by atoms with Gasteiger partial charge in [0.05, 0.1) is 24.9 Å². The zero-order valence-corrected chi connectivity index (χ0v) is 20.8. The summed E-state index contributed by atoms with van der Waals surface area (Å²) in [6, 6.07) is 8.26. The lowest BCUT2D eigenvalue weighted by atomic mass is 10.1. The summed E-state index contributed by atoms with van der Waals surface area (Å²) in [6.45, 7) is 1.71. The summed E-state index contributed by atoms with van der Waals surface area (Å²) in [5.74, 6) is -9.87. The van der Waals surface area contributed by atoms with E-state index in [2.05, 4.69) is 20.3 Å². The minimum Gasteiger partial charge on any atom is -0.495 e. The molecule has 4 rings (SSSR count). The predicted molar refractivity (Wildman–Crippen MR) is 132 cm³/mol. The first-order valence-corrected chi connectivity index (χ1v) is 11.1. The lowest BCUT2D eigenvalue weighted by Crippen LogP contribution is -2.35. The fraction of sp³-hybridized carbons (Fsp3) is 0.130. The molecule has 0 radical (unpaired) electrons. The van der Waals surface area contributed by atoms with E-state index in [1.807, 2.05) is 5.32 Å². The number of rotatable bonds is 5. The molecule has 1 heterocycles. The standard InChI is InChI=1S/C23H16ClF4N5O3S/c1-9-6-13-14(32-33(31-13)10-4-5-15(35-2)11(24)7-10)8-12(9)29-23(37)30-22(34)16-17(25)19(27)21(36-3)20(28)18(16)26/h4-8H,1-3H3,(H2,29,30,34,37).